The number of carbonyl (C=O) groups is 1. The molecular formula is C21H17N3O4. The van der Waals surface area contributed by atoms with Gasteiger partial charge in [0.1, 0.15) is 6.26 Å². The standard InChI is InChI=1S/C21H17N3O4/c1-13(19-23-17-10-6-5-9-16(17)20(26)24-19)28-18(25)11-15-12-27-21(22-15)14-7-3-2-4-8-14/h2-10,12-13H,11H2,1H3,(H,23,24,26). The maximum Gasteiger partial charge on any atom is 0.312 e. The van der Waals surface area contributed by atoms with Crippen LogP contribution in [0.4, 0.5) is 0 Å². The highest BCUT2D eigenvalue weighted by atomic mass is 16.5. The second-order valence-corrected chi connectivity index (χ2v) is 6.29. The third-order valence-electron chi connectivity index (χ3n) is 4.22. The smallest absolute Gasteiger partial charge is 0.312 e. The number of rotatable bonds is 5. The Labute approximate surface area is 160 Å². The first-order valence-corrected chi connectivity index (χ1v) is 8.78. The van der Waals surface area contributed by atoms with Crippen molar-refractivity contribution in [3.63, 3.8) is 0 Å². The molecule has 2 aromatic heterocycles. The van der Waals surface area contributed by atoms with Crippen molar-refractivity contribution in [1.29, 1.82) is 0 Å². The maximum atomic E-state index is 12.3. The summed E-state index contributed by atoms with van der Waals surface area (Å²) in [6.45, 7) is 1.66. The Morgan fingerprint density at radius 2 is 1.86 bits per heavy atom. The van der Waals surface area contributed by atoms with E-state index in [0.717, 1.165) is 5.56 Å². The largest absolute Gasteiger partial charge is 0.454 e. The summed E-state index contributed by atoms with van der Waals surface area (Å²) in [7, 11) is 0. The normalized spacial score (nSPS) is 12.0. The number of aromatic amines is 1. The van der Waals surface area contributed by atoms with Gasteiger partial charge >= 0.3 is 5.97 Å². The summed E-state index contributed by atoms with van der Waals surface area (Å²) in [5.74, 6) is 0.246. The lowest BCUT2D eigenvalue weighted by atomic mass is 10.2. The van der Waals surface area contributed by atoms with Crippen molar-refractivity contribution in [1.82, 2.24) is 15.0 Å². The predicted octanol–water partition coefficient (Wildman–Crippen LogP) is 3.43. The van der Waals surface area contributed by atoms with Crippen molar-refractivity contribution in [3.05, 3.63) is 82.7 Å². The van der Waals surface area contributed by atoms with E-state index in [1.807, 2.05) is 30.3 Å². The van der Waals surface area contributed by atoms with E-state index in [2.05, 4.69) is 15.0 Å². The molecule has 140 valence electrons. The molecule has 0 saturated carbocycles. The van der Waals surface area contributed by atoms with E-state index >= 15 is 0 Å². The van der Waals surface area contributed by atoms with E-state index in [0.29, 0.717) is 28.3 Å². The lowest BCUT2D eigenvalue weighted by Crippen LogP contribution is -2.18. The van der Waals surface area contributed by atoms with Crippen molar-refractivity contribution in [2.75, 3.05) is 0 Å². The summed E-state index contributed by atoms with van der Waals surface area (Å²) in [5.41, 5.74) is 1.57. The molecule has 1 atom stereocenters. The van der Waals surface area contributed by atoms with Crippen molar-refractivity contribution >= 4 is 16.9 Å². The Morgan fingerprint density at radius 1 is 1.11 bits per heavy atom. The number of H-pyrrole nitrogens is 1. The number of hydrogen-bond acceptors (Lipinski definition) is 6. The number of nitrogens with zero attached hydrogens (tertiary/aromatic N) is 2. The number of fused-ring (bicyclic) bond motifs is 1. The first-order chi connectivity index (χ1) is 13.6. The lowest BCUT2D eigenvalue weighted by molar-refractivity contribution is -0.148. The SMILES string of the molecule is CC(OC(=O)Cc1coc(-c2ccccc2)n1)c1nc2ccccc2c(=O)[nH]1. The first-order valence-electron chi connectivity index (χ1n) is 8.78. The van der Waals surface area contributed by atoms with Gasteiger partial charge in [0, 0.05) is 5.56 Å². The van der Waals surface area contributed by atoms with E-state index in [-0.39, 0.29) is 12.0 Å². The Morgan fingerprint density at radius 3 is 2.68 bits per heavy atom. The Kier molecular flexibility index (Phi) is 4.72. The van der Waals surface area contributed by atoms with Gasteiger partial charge in [-0.3, -0.25) is 9.59 Å². The molecule has 7 nitrogen and oxygen atoms in total. The molecule has 2 aromatic carbocycles. The fourth-order valence-electron chi connectivity index (χ4n) is 2.84. The van der Waals surface area contributed by atoms with Gasteiger partial charge in [-0.25, -0.2) is 9.97 Å². The zero-order valence-electron chi connectivity index (χ0n) is 15.1. The molecule has 1 N–H and O–H groups in total. The van der Waals surface area contributed by atoms with Crippen LogP contribution in [0.15, 0.2) is 70.1 Å². The van der Waals surface area contributed by atoms with E-state index < -0.39 is 12.1 Å². The molecule has 0 bridgehead atoms. The molecule has 28 heavy (non-hydrogen) atoms. The van der Waals surface area contributed by atoms with Crippen molar-refractivity contribution in [3.8, 4) is 11.5 Å². The molecule has 7 heteroatoms. The molecule has 0 spiro atoms. The molecule has 4 rings (SSSR count). The van der Waals surface area contributed by atoms with Crippen LogP contribution in [0.5, 0.6) is 0 Å². The number of ether oxygens (including phenoxy) is 1. The van der Waals surface area contributed by atoms with Crippen molar-refractivity contribution in [2.24, 2.45) is 0 Å². The maximum absolute atomic E-state index is 12.3. The van der Waals surface area contributed by atoms with Crippen LogP contribution in [0.3, 0.4) is 0 Å². The van der Waals surface area contributed by atoms with Crippen LogP contribution >= 0.6 is 0 Å². The second kappa shape index (κ2) is 7.48. The quantitative estimate of drug-likeness (QED) is 0.537. The van der Waals surface area contributed by atoms with Gasteiger partial charge < -0.3 is 14.1 Å². The van der Waals surface area contributed by atoms with Gasteiger partial charge in [0.25, 0.3) is 5.56 Å². The van der Waals surface area contributed by atoms with Crippen molar-refractivity contribution in [2.45, 2.75) is 19.4 Å². The summed E-state index contributed by atoms with van der Waals surface area (Å²) in [6.07, 6.45) is 0.688. The lowest BCUT2D eigenvalue weighted by Gasteiger charge is -2.12. The van der Waals surface area contributed by atoms with Gasteiger partial charge in [0.2, 0.25) is 5.89 Å². The summed E-state index contributed by atoms with van der Waals surface area (Å²) in [6, 6.07) is 16.4. The Hall–Kier alpha value is -3.74. The van der Waals surface area contributed by atoms with Crippen LogP contribution in [-0.4, -0.2) is 20.9 Å². The molecular weight excluding hydrogens is 358 g/mol. The average molecular weight is 375 g/mol. The number of benzene rings is 2. The van der Waals surface area contributed by atoms with E-state index in [1.165, 1.54) is 6.26 Å². The van der Waals surface area contributed by atoms with Crippen molar-refractivity contribution < 1.29 is 13.9 Å². The van der Waals surface area contributed by atoms with Crippen LogP contribution in [0.1, 0.15) is 24.5 Å². The number of aromatic nitrogens is 3. The fourth-order valence-corrected chi connectivity index (χ4v) is 2.84. The number of para-hydroxylation sites is 1. The monoisotopic (exact) mass is 375 g/mol. The van der Waals surface area contributed by atoms with E-state index in [4.69, 9.17) is 9.15 Å². The van der Waals surface area contributed by atoms with Crippen LogP contribution in [0.2, 0.25) is 0 Å². The number of oxazole rings is 1. The number of carbonyl (C=O) groups excluding carboxylic acids is 1. The van der Waals surface area contributed by atoms with Crippen LogP contribution in [-0.2, 0) is 16.0 Å². The minimum Gasteiger partial charge on any atom is -0.454 e. The van der Waals surface area contributed by atoms with Gasteiger partial charge in [0.05, 0.1) is 23.0 Å². The zero-order chi connectivity index (χ0) is 19.5. The van der Waals surface area contributed by atoms with Crippen LogP contribution in [0.25, 0.3) is 22.4 Å². The third kappa shape index (κ3) is 3.68. The highest BCUT2D eigenvalue weighted by Crippen LogP contribution is 2.19. The minimum absolute atomic E-state index is 0.0432. The van der Waals surface area contributed by atoms with Crippen LogP contribution < -0.4 is 5.56 Å². The summed E-state index contributed by atoms with van der Waals surface area (Å²) in [4.78, 5) is 35.8. The fraction of sp³-hybridized carbons (Fsp3) is 0.143. The van der Waals surface area contributed by atoms with Gasteiger partial charge in [-0.05, 0) is 31.2 Å². The highest BCUT2D eigenvalue weighted by Gasteiger charge is 2.17. The molecule has 1 unspecified atom stereocenters. The third-order valence-corrected chi connectivity index (χ3v) is 4.22. The average Bonchev–Trinajstić information content (AvgIpc) is 3.17. The molecule has 0 fully saturated rings. The molecule has 0 aliphatic rings. The molecule has 4 aromatic rings. The molecule has 0 aliphatic carbocycles. The topological polar surface area (TPSA) is 98.1 Å². The number of esters is 1. The second-order valence-electron chi connectivity index (χ2n) is 6.29. The highest BCUT2D eigenvalue weighted by molar-refractivity contribution is 5.77. The van der Waals surface area contributed by atoms with Crippen LogP contribution in [0, 0.1) is 0 Å². The summed E-state index contributed by atoms with van der Waals surface area (Å²) in [5, 5.41) is 0.487. The first kappa shape index (κ1) is 17.7. The van der Waals surface area contributed by atoms with Gasteiger partial charge in [-0.2, -0.15) is 0 Å². The molecule has 0 saturated heterocycles. The Balaban J connectivity index is 1.45. The summed E-state index contributed by atoms with van der Waals surface area (Å²) < 4.78 is 10.8. The zero-order valence-corrected chi connectivity index (χ0v) is 15.1. The molecule has 2 heterocycles. The molecule has 0 radical (unpaired) electrons. The molecule has 0 aliphatic heterocycles. The number of nitrogens with one attached hydrogen (secondary N) is 1. The Bertz CT molecular complexity index is 1180. The molecule has 0 amide bonds. The summed E-state index contributed by atoms with van der Waals surface area (Å²) >= 11 is 0. The van der Waals surface area contributed by atoms with Gasteiger partial charge in [0.15, 0.2) is 11.9 Å². The van der Waals surface area contributed by atoms with Gasteiger partial charge in [-0.1, -0.05) is 30.3 Å². The minimum atomic E-state index is -0.703. The van der Waals surface area contributed by atoms with E-state index in [1.54, 1.807) is 31.2 Å². The number of hydrogen-bond donors (Lipinski definition) is 1. The van der Waals surface area contributed by atoms with Gasteiger partial charge in [-0.15, -0.1) is 0 Å². The predicted molar refractivity (Wildman–Crippen MR) is 103 cm³/mol. The van der Waals surface area contributed by atoms with E-state index in [9.17, 15) is 9.59 Å².